The van der Waals surface area contributed by atoms with Crippen LogP contribution < -0.4 is 5.73 Å². The molecule has 4 aliphatic rings. The lowest BCUT2D eigenvalue weighted by atomic mass is 9.46. The summed E-state index contributed by atoms with van der Waals surface area (Å²) in [5, 5.41) is 0. The molecule has 0 amide bonds. The van der Waals surface area contributed by atoms with Crippen LogP contribution in [0.5, 0.6) is 0 Å². The lowest BCUT2D eigenvalue weighted by molar-refractivity contribution is -0.0830. The summed E-state index contributed by atoms with van der Waals surface area (Å²) >= 11 is 0. The van der Waals surface area contributed by atoms with Gasteiger partial charge < -0.3 is 10.3 Å². The van der Waals surface area contributed by atoms with E-state index in [4.69, 9.17) is 5.73 Å². The zero-order valence-corrected chi connectivity index (χ0v) is 12.8. The van der Waals surface area contributed by atoms with Crippen molar-refractivity contribution in [2.75, 3.05) is 5.73 Å². The number of hydrogen-bond acceptors (Lipinski definition) is 2. The summed E-state index contributed by atoms with van der Waals surface area (Å²) in [5.74, 6) is 4.69. The highest BCUT2D eigenvalue weighted by atomic mass is 15.1. The molecule has 0 saturated heterocycles. The van der Waals surface area contributed by atoms with Crippen LogP contribution in [-0.4, -0.2) is 9.55 Å². The molecule has 4 bridgehead atoms. The molecule has 5 rings (SSSR count). The van der Waals surface area contributed by atoms with Crippen LogP contribution in [-0.2, 0) is 13.5 Å². The zero-order chi connectivity index (χ0) is 13.9. The van der Waals surface area contributed by atoms with E-state index in [9.17, 15) is 0 Å². The molecule has 110 valence electrons. The Kier molecular flexibility index (Phi) is 2.71. The highest BCUT2D eigenvalue weighted by Crippen LogP contribution is 2.63. The molecule has 0 radical (unpaired) electrons. The van der Waals surface area contributed by atoms with Gasteiger partial charge in [-0.05, 0) is 74.0 Å². The van der Waals surface area contributed by atoms with Crippen LogP contribution in [0.4, 0.5) is 5.82 Å². The Morgan fingerprint density at radius 2 is 1.80 bits per heavy atom. The van der Waals surface area contributed by atoms with Crippen molar-refractivity contribution >= 4 is 5.82 Å². The lowest BCUT2D eigenvalue weighted by Gasteiger charge is -2.59. The van der Waals surface area contributed by atoms with E-state index in [1.165, 1.54) is 38.5 Å². The number of aromatic nitrogens is 2. The number of nitrogen functional groups attached to an aromatic ring is 1. The molecule has 0 aromatic carbocycles. The normalized spacial score (nSPS) is 40.2. The number of hydrogen-bond donors (Lipinski definition) is 1. The Morgan fingerprint density at radius 3 is 2.25 bits per heavy atom. The highest BCUT2D eigenvalue weighted by molar-refractivity contribution is 5.36. The fourth-order valence-electron chi connectivity index (χ4n) is 5.93. The Balaban J connectivity index is 1.56. The maximum absolute atomic E-state index is 6.14. The monoisotopic (exact) mass is 273 g/mol. The number of rotatable bonds is 3. The topological polar surface area (TPSA) is 43.8 Å². The zero-order valence-electron chi connectivity index (χ0n) is 12.8. The first-order valence-electron chi connectivity index (χ1n) is 8.31. The molecule has 1 aromatic rings. The molecular weight excluding hydrogens is 246 g/mol. The fourth-order valence-corrected chi connectivity index (χ4v) is 5.93. The van der Waals surface area contributed by atoms with Crippen molar-refractivity contribution in [1.82, 2.24) is 9.55 Å². The van der Waals surface area contributed by atoms with Gasteiger partial charge in [0.15, 0.2) is 0 Å². The molecule has 1 unspecified atom stereocenters. The first-order valence-corrected chi connectivity index (χ1v) is 8.31. The molecule has 1 aromatic heterocycles. The van der Waals surface area contributed by atoms with Crippen LogP contribution in [0, 0.1) is 29.1 Å². The fraction of sp³-hybridized carbons (Fsp3) is 0.824. The van der Waals surface area contributed by atoms with E-state index < -0.39 is 0 Å². The second-order valence-electron chi connectivity index (χ2n) is 8.07. The molecule has 1 atom stereocenters. The SMILES string of the molecule is CC(Cc1ncn(C)c1N)C12CC3CC(CC(C3)C1)C2. The Labute approximate surface area is 122 Å². The minimum Gasteiger partial charge on any atom is -0.384 e. The van der Waals surface area contributed by atoms with Crippen molar-refractivity contribution in [3.63, 3.8) is 0 Å². The molecule has 4 saturated carbocycles. The molecule has 20 heavy (non-hydrogen) atoms. The standard InChI is InChI=1S/C17H27N3/c1-11(3-15-16(18)20(2)10-19-15)17-7-12-4-13(8-17)6-14(5-12)9-17/h10-14H,3-9,18H2,1-2H3. The lowest BCUT2D eigenvalue weighted by Crippen LogP contribution is -2.49. The summed E-state index contributed by atoms with van der Waals surface area (Å²) in [5.41, 5.74) is 7.87. The molecule has 3 nitrogen and oxygen atoms in total. The number of aryl methyl sites for hydroxylation is 1. The van der Waals surface area contributed by atoms with Gasteiger partial charge in [0.2, 0.25) is 0 Å². The third-order valence-electron chi connectivity index (χ3n) is 6.69. The maximum Gasteiger partial charge on any atom is 0.126 e. The quantitative estimate of drug-likeness (QED) is 0.917. The van der Waals surface area contributed by atoms with Crippen LogP contribution in [0.3, 0.4) is 0 Å². The predicted octanol–water partition coefficient (Wildman–Crippen LogP) is 3.40. The average Bonchev–Trinajstić information content (AvgIpc) is 2.69. The van der Waals surface area contributed by atoms with Crippen LogP contribution in [0.1, 0.15) is 51.1 Å². The van der Waals surface area contributed by atoms with Gasteiger partial charge in [0.1, 0.15) is 5.82 Å². The first-order chi connectivity index (χ1) is 9.56. The highest BCUT2D eigenvalue weighted by Gasteiger charge is 2.52. The van der Waals surface area contributed by atoms with Gasteiger partial charge in [-0.2, -0.15) is 0 Å². The van der Waals surface area contributed by atoms with Gasteiger partial charge in [-0.25, -0.2) is 4.98 Å². The maximum atomic E-state index is 6.14. The van der Waals surface area contributed by atoms with Crippen molar-refractivity contribution < 1.29 is 0 Å². The van der Waals surface area contributed by atoms with Crippen LogP contribution in [0.15, 0.2) is 6.33 Å². The van der Waals surface area contributed by atoms with E-state index in [1.807, 2.05) is 17.9 Å². The minimum absolute atomic E-state index is 0.610. The van der Waals surface area contributed by atoms with Crippen LogP contribution >= 0.6 is 0 Å². The smallest absolute Gasteiger partial charge is 0.126 e. The van der Waals surface area contributed by atoms with E-state index >= 15 is 0 Å². The molecule has 1 heterocycles. The summed E-state index contributed by atoms with van der Waals surface area (Å²) in [6.07, 6.45) is 11.9. The van der Waals surface area contributed by atoms with Gasteiger partial charge in [0.05, 0.1) is 12.0 Å². The molecule has 0 spiro atoms. The van der Waals surface area contributed by atoms with Crippen molar-refractivity contribution in [2.45, 2.75) is 51.9 Å². The van der Waals surface area contributed by atoms with Crippen molar-refractivity contribution in [3.05, 3.63) is 12.0 Å². The molecule has 4 aliphatic carbocycles. The van der Waals surface area contributed by atoms with Crippen molar-refractivity contribution in [3.8, 4) is 0 Å². The van der Waals surface area contributed by atoms with Gasteiger partial charge in [0, 0.05) is 7.05 Å². The number of imidazole rings is 1. The van der Waals surface area contributed by atoms with Gasteiger partial charge in [-0.1, -0.05) is 6.92 Å². The van der Waals surface area contributed by atoms with Crippen molar-refractivity contribution in [1.29, 1.82) is 0 Å². The number of nitrogens with two attached hydrogens (primary N) is 1. The Hall–Kier alpha value is -0.990. The van der Waals surface area contributed by atoms with Gasteiger partial charge in [0.25, 0.3) is 0 Å². The first kappa shape index (κ1) is 12.7. The molecule has 2 N–H and O–H groups in total. The van der Waals surface area contributed by atoms with E-state index in [-0.39, 0.29) is 0 Å². The van der Waals surface area contributed by atoms with Crippen LogP contribution in [0.25, 0.3) is 0 Å². The second-order valence-corrected chi connectivity index (χ2v) is 8.07. The summed E-state index contributed by atoms with van der Waals surface area (Å²) < 4.78 is 1.95. The summed E-state index contributed by atoms with van der Waals surface area (Å²) in [7, 11) is 1.99. The van der Waals surface area contributed by atoms with Crippen molar-refractivity contribution in [2.24, 2.45) is 36.1 Å². The molecule has 4 fully saturated rings. The largest absolute Gasteiger partial charge is 0.384 e. The minimum atomic E-state index is 0.610. The number of nitrogens with zero attached hydrogens (tertiary/aromatic N) is 2. The van der Waals surface area contributed by atoms with E-state index in [1.54, 1.807) is 0 Å². The molecule has 0 aliphatic heterocycles. The third-order valence-corrected chi connectivity index (χ3v) is 6.69. The third kappa shape index (κ3) is 1.82. The summed E-state index contributed by atoms with van der Waals surface area (Å²) in [6, 6.07) is 0. The predicted molar refractivity (Wildman–Crippen MR) is 81.1 cm³/mol. The summed E-state index contributed by atoms with van der Waals surface area (Å²) in [4.78, 5) is 4.52. The van der Waals surface area contributed by atoms with Crippen LogP contribution in [0.2, 0.25) is 0 Å². The van der Waals surface area contributed by atoms with E-state index in [0.717, 1.165) is 41.6 Å². The molecular formula is C17H27N3. The van der Waals surface area contributed by atoms with Gasteiger partial charge in [-0.3, -0.25) is 0 Å². The number of anilines is 1. The summed E-state index contributed by atoms with van der Waals surface area (Å²) in [6.45, 7) is 2.46. The van der Waals surface area contributed by atoms with Gasteiger partial charge >= 0.3 is 0 Å². The van der Waals surface area contributed by atoms with Gasteiger partial charge in [-0.15, -0.1) is 0 Å². The van der Waals surface area contributed by atoms with E-state index in [2.05, 4.69) is 11.9 Å². The van der Waals surface area contributed by atoms with E-state index in [0.29, 0.717) is 5.41 Å². The second kappa shape index (κ2) is 4.25. The Bertz CT molecular complexity index is 481. The Morgan fingerprint density at radius 1 is 1.25 bits per heavy atom. The average molecular weight is 273 g/mol. The molecule has 3 heteroatoms.